The molecule has 8 heteroatoms. The average molecular weight is 413 g/mol. The lowest BCUT2D eigenvalue weighted by Gasteiger charge is -2.42. The number of rotatable bonds is 6. The van der Waals surface area contributed by atoms with E-state index < -0.39 is 0 Å². The third-order valence-corrected chi connectivity index (χ3v) is 6.32. The first-order valence-electron chi connectivity index (χ1n) is 11.0. The third-order valence-electron chi connectivity index (χ3n) is 6.32. The average Bonchev–Trinajstić information content (AvgIpc) is 3.19. The SMILES string of the molecule is Cc1noc(CN(C)C(=O)C2CCCN(C3CCN(Cc4cccnc4)CC3)C2)n1. The zero-order chi connectivity index (χ0) is 20.9. The van der Waals surface area contributed by atoms with E-state index >= 15 is 0 Å². The minimum absolute atomic E-state index is 0.0567. The minimum Gasteiger partial charge on any atom is -0.337 e. The van der Waals surface area contributed by atoms with E-state index in [9.17, 15) is 4.79 Å². The van der Waals surface area contributed by atoms with Crippen molar-refractivity contribution >= 4 is 5.91 Å². The maximum absolute atomic E-state index is 13.0. The molecule has 8 nitrogen and oxygen atoms in total. The van der Waals surface area contributed by atoms with Gasteiger partial charge in [0.1, 0.15) is 0 Å². The van der Waals surface area contributed by atoms with Gasteiger partial charge >= 0.3 is 0 Å². The molecule has 1 amide bonds. The van der Waals surface area contributed by atoms with Crippen molar-refractivity contribution < 1.29 is 9.32 Å². The summed E-state index contributed by atoms with van der Waals surface area (Å²) in [7, 11) is 1.83. The van der Waals surface area contributed by atoms with Gasteiger partial charge in [-0.25, -0.2) is 0 Å². The summed E-state index contributed by atoms with van der Waals surface area (Å²) in [4.78, 5) is 28.2. The number of carbonyl (C=O) groups is 1. The molecule has 0 saturated carbocycles. The second-order valence-electron chi connectivity index (χ2n) is 8.63. The number of nitrogens with zero attached hydrogens (tertiary/aromatic N) is 6. The second-order valence-corrected chi connectivity index (χ2v) is 8.63. The standard InChI is InChI=1S/C22H32N6O2/c1-17-24-21(30-25-17)16-26(2)22(29)19-6-4-10-28(15-19)20-7-11-27(12-8-20)14-18-5-3-9-23-13-18/h3,5,9,13,19-20H,4,6-8,10-12,14-16H2,1-2H3. The molecule has 0 aromatic carbocycles. The Hall–Kier alpha value is -2.32. The fourth-order valence-corrected chi connectivity index (χ4v) is 4.73. The van der Waals surface area contributed by atoms with Gasteiger partial charge in [0.25, 0.3) is 0 Å². The summed E-state index contributed by atoms with van der Waals surface area (Å²) < 4.78 is 5.17. The number of likely N-dealkylation sites (tertiary alicyclic amines) is 2. The minimum atomic E-state index is 0.0567. The summed E-state index contributed by atoms with van der Waals surface area (Å²) in [6, 6.07) is 4.73. The lowest BCUT2D eigenvalue weighted by atomic mass is 9.93. The van der Waals surface area contributed by atoms with Crippen molar-refractivity contribution in [3.8, 4) is 0 Å². The first kappa shape index (κ1) is 20.9. The van der Waals surface area contributed by atoms with Gasteiger partial charge < -0.3 is 9.42 Å². The Morgan fingerprint density at radius 1 is 1.27 bits per heavy atom. The van der Waals surface area contributed by atoms with Crippen LogP contribution in [0.2, 0.25) is 0 Å². The van der Waals surface area contributed by atoms with E-state index in [-0.39, 0.29) is 11.8 Å². The van der Waals surface area contributed by atoms with Crippen molar-refractivity contribution in [2.75, 3.05) is 33.2 Å². The van der Waals surface area contributed by atoms with Crippen LogP contribution in [0.3, 0.4) is 0 Å². The highest BCUT2D eigenvalue weighted by Gasteiger charge is 2.33. The maximum Gasteiger partial charge on any atom is 0.246 e. The summed E-state index contributed by atoms with van der Waals surface area (Å²) in [6.07, 6.45) is 8.15. The van der Waals surface area contributed by atoms with E-state index in [2.05, 4.69) is 31.0 Å². The van der Waals surface area contributed by atoms with E-state index in [1.807, 2.05) is 25.5 Å². The molecule has 0 bridgehead atoms. The largest absolute Gasteiger partial charge is 0.337 e. The predicted octanol–water partition coefficient (Wildman–Crippen LogP) is 2.11. The quantitative estimate of drug-likeness (QED) is 0.719. The Bertz CT molecular complexity index is 818. The smallest absolute Gasteiger partial charge is 0.246 e. The van der Waals surface area contributed by atoms with E-state index in [0.717, 1.165) is 58.4 Å². The van der Waals surface area contributed by atoms with Crippen molar-refractivity contribution in [2.45, 2.75) is 51.7 Å². The molecule has 2 aliphatic heterocycles. The highest BCUT2D eigenvalue weighted by molar-refractivity contribution is 5.78. The molecular weight excluding hydrogens is 380 g/mol. The Kier molecular flexibility index (Phi) is 6.74. The van der Waals surface area contributed by atoms with E-state index in [1.54, 1.807) is 11.8 Å². The topological polar surface area (TPSA) is 78.6 Å². The number of aromatic nitrogens is 3. The van der Waals surface area contributed by atoms with Crippen molar-refractivity contribution in [1.29, 1.82) is 0 Å². The van der Waals surface area contributed by atoms with Gasteiger partial charge in [-0.2, -0.15) is 4.98 Å². The van der Waals surface area contributed by atoms with Gasteiger partial charge in [-0.3, -0.25) is 19.6 Å². The van der Waals surface area contributed by atoms with Gasteiger partial charge in [-0.05, 0) is 63.9 Å². The molecule has 2 aromatic rings. The fraction of sp³-hybridized carbons (Fsp3) is 0.636. The zero-order valence-corrected chi connectivity index (χ0v) is 18.0. The molecule has 1 atom stereocenters. The van der Waals surface area contributed by atoms with Crippen LogP contribution in [0.25, 0.3) is 0 Å². The number of hydrogen-bond donors (Lipinski definition) is 0. The number of hydrogen-bond acceptors (Lipinski definition) is 7. The van der Waals surface area contributed by atoms with Crippen LogP contribution in [-0.4, -0.2) is 75.0 Å². The summed E-state index contributed by atoms with van der Waals surface area (Å²) in [5, 5.41) is 3.81. The summed E-state index contributed by atoms with van der Waals surface area (Å²) in [5.41, 5.74) is 1.28. The summed E-state index contributed by atoms with van der Waals surface area (Å²) in [6.45, 7) is 7.31. The number of piperidine rings is 2. The molecule has 0 N–H and O–H groups in total. The van der Waals surface area contributed by atoms with Crippen LogP contribution in [-0.2, 0) is 17.9 Å². The molecule has 2 fully saturated rings. The molecule has 2 aromatic heterocycles. The van der Waals surface area contributed by atoms with Gasteiger partial charge in [-0.15, -0.1) is 0 Å². The monoisotopic (exact) mass is 412 g/mol. The molecule has 162 valence electrons. The zero-order valence-electron chi connectivity index (χ0n) is 18.0. The number of carbonyl (C=O) groups excluding carboxylic acids is 1. The predicted molar refractivity (Wildman–Crippen MR) is 112 cm³/mol. The Morgan fingerprint density at radius 2 is 2.10 bits per heavy atom. The number of amides is 1. The van der Waals surface area contributed by atoms with Gasteiger partial charge in [0.15, 0.2) is 5.82 Å². The van der Waals surface area contributed by atoms with Crippen molar-refractivity contribution in [2.24, 2.45) is 5.92 Å². The molecule has 0 aliphatic carbocycles. The fourth-order valence-electron chi connectivity index (χ4n) is 4.73. The van der Waals surface area contributed by atoms with Crippen LogP contribution >= 0.6 is 0 Å². The van der Waals surface area contributed by atoms with Gasteiger partial charge in [0.2, 0.25) is 11.8 Å². The van der Waals surface area contributed by atoms with Crippen molar-refractivity contribution in [3.05, 3.63) is 41.8 Å². The molecule has 1 unspecified atom stereocenters. The Labute approximate surface area is 178 Å². The lowest BCUT2D eigenvalue weighted by Crippen LogP contribution is -2.50. The highest BCUT2D eigenvalue weighted by Crippen LogP contribution is 2.25. The van der Waals surface area contributed by atoms with Crippen LogP contribution < -0.4 is 0 Å². The first-order chi connectivity index (χ1) is 14.6. The van der Waals surface area contributed by atoms with Crippen molar-refractivity contribution in [1.82, 2.24) is 29.8 Å². The highest BCUT2D eigenvalue weighted by atomic mass is 16.5. The molecule has 30 heavy (non-hydrogen) atoms. The summed E-state index contributed by atoms with van der Waals surface area (Å²) in [5.74, 6) is 1.34. The van der Waals surface area contributed by atoms with Gasteiger partial charge in [-0.1, -0.05) is 11.2 Å². The third kappa shape index (κ3) is 5.23. The van der Waals surface area contributed by atoms with Gasteiger partial charge in [0.05, 0.1) is 12.5 Å². The van der Waals surface area contributed by atoms with Crippen LogP contribution in [0, 0.1) is 12.8 Å². The molecule has 0 radical (unpaired) electrons. The molecule has 2 aliphatic rings. The second kappa shape index (κ2) is 9.66. The molecule has 4 heterocycles. The molecule has 4 rings (SSSR count). The number of aryl methyl sites for hydroxylation is 1. The first-order valence-corrected chi connectivity index (χ1v) is 11.0. The Balaban J connectivity index is 1.26. The van der Waals surface area contributed by atoms with Crippen molar-refractivity contribution in [3.63, 3.8) is 0 Å². The van der Waals surface area contributed by atoms with E-state index in [4.69, 9.17) is 4.52 Å². The van der Waals surface area contributed by atoms with E-state index in [0.29, 0.717) is 24.3 Å². The molecular formula is C22H32N6O2. The van der Waals surface area contributed by atoms with Gasteiger partial charge in [0, 0.05) is 38.6 Å². The van der Waals surface area contributed by atoms with Crippen LogP contribution in [0.15, 0.2) is 29.0 Å². The van der Waals surface area contributed by atoms with Crippen LogP contribution in [0.1, 0.15) is 43.0 Å². The lowest BCUT2D eigenvalue weighted by molar-refractivity contribution is -0.137. The maximum atomic E-state index is 13.0. The van der Waals surface area contributed by atoms with Crippen LogP contribution in [0.5, 0.6) is 0 Å². The molecule has 2 saturated heterocycles. The number of pyridine rings is 1. The van der Waals surface area contributed by atoms with E-state index in [1.165, 1.54) is 5.56 Å². The molecule has 0 spiro atoms. The summed E-state index contributed by atoms with van der Waals surface area (Å²) >= 11 is 0. The normalized spacial score (nSPS) is 21.6. The van der Waals surface area contributed by atoms with Crippen LogP contribution in [0.4, 0.5) is 0 Å². The Morgan fingerprint density at radius 3 is 2.80 bits per heavy atom.